The van der Waals surface area contributed by atoms with Crippen molar-refractivity contribution in [2.45, 2.75) is 52.5 Å². The molecule has 1 fully saturated rings. The molecule has 1 aliphatic rings. The monoisotopic (exact) mass is 217 g/mol. The van der Waals surface area contributed by atoms with Crippen LogP contribution < -0.4 is 5.32 Å². The Balaban J connectivity index is 2.50. The molecule has 0 bridgehead atoms. The predicted octanol–water partition coefficient (Wildman–Crippen LogP) is 3.60. The van der Waals surface area contributed by atoms with Crippen LogP contribution in [0.2, 0.25) is 0 Å². The van der Waals surface area contributed by atoms with Gasteiger partial charge < -0.3 is 5.32 Å². The van der Waals surface area contributed by atoms with E-state index in [-0.39, 0.29) is 5.54 Å². The second-order valence-electron chi connectivity index (χ2n) is 5.22. The van der Waals surface area contributed by atoms with Crippen molar-refractivity contribution in [3.05, 3.63) is 34.4 Å². The number of benzene rings is 1. The van der Waals surface area contributed by atoms with Gasteiger partial charge in [0.25, 0.3) is 0 Å². The first-order valence-corrected chi connectivity index (χ1v) is 6.42. The average molecular weight is 217 g/mol. The van der Waals surface area contributed by atoms with Gasteiger partial charge in [0.2, 0.25) is 0 Å². The van der Waals surface area contributed by atoms with Crippen LogP contribution in [-0.2, 0) is 5.54 Å². The molecule has 0 aliphatic carbocycles. The van der Waals surface area contributed by atoms with E-state index in [1.807, 2.05) is 0 Å². The van der Waals surface area contributed by atoms with Gasteiger partial charge in [-0.15, -0.1) is 0 Å². The average Bonchev–Trinajstić information content (AvgIpc) is 2.73. The van der Waals surface area contributed by atoms with Gasteiger partial charge >= 0.3 is 0 Å². The molecule has 1 aliphatic heterocycles. The fourth-order valence-electron chi connectivity index (χ4n) is 3.00. The molecule has 1 heterocycles. The summed E-state index contributed by atoms with van der Waals surface area (Å²) in [6.07, 6.45) is 3.78. The summed E-state index contributed by atoms with van der Waals surface area (Å²) in [6, 6.07) is 4.73. The highest BCUT2D eigenvalue weighted by atomic mass is 15.0. The normalized spacial score (nSPS) is 25.0. The van der Waals surface area contributed by atoms with Gasteiger partial charge in [-0.2, -0.15) is 0 Å². The molecule has 2 rings (SSSR count). The number of hydrogen-bond acceptors (Lipinski definition) is 1. The van der Waals surface area contributed by atoms with Crippen LogP contribution in [0.1, 0.15) is 48.4 Å². The van der Waals surface area contributed by atoms with Crippen LogP contribution in [0.3, 0.4) is 0 Å². The van der Waals surface area contributed by atoms with Crippen molar-refractivity contribution >= 4 is 0 Å². The Hall–Kier alpha value is -0.820. The Labute approximate surface area is 99.3 Å². The Morgan fingerprint density at radius 2 is 1.81 bits per heavy atom. The predicted molar refractivity (Wildman–Crippen MR) is 69.9 cm³/mol. The summed E-state index contributed by atoms with van der Waals surface area (Å²) in [5, 5.41) is 3.72. The lowest BCUT2D eigenvalue weighted by molar-refractivity contribution is 0.374. The maximum absolute atomic E-state index is 3.72. The molecule has 1 atom stereocenters. The zero-order valence-corrected chi connectivity index (χ0v) is 11.0. The number of aryl methyl sites for hydroxylation is 3. The molecular weight excluding hydrogens is 194 g/mol. The van der Waals surface area contributed by atoms with E-state index < -0.39 is 0 Å². The first-order valence-electron chi connectivity index (χ1n) is 6.42. The van der Waals surface area contributed by atoms with Crippen LogP contribution in [0.4, 0.5) is 0 Å². The fourth-order valence-corrected chi connectivity index (χ4v) is 3.00. The van der Waals surface area contributed by atoms with Crippen molar-refractivity contribution in [1.82, 2.24) is 5.32 Å². The van der Waals surface area contributed by atoms with Crippen molar-refractivity contribution in [1.29, 1.82) is 0 Å². The molecule has 0 saturated carbocycles. The van der Waals surface area contributed by atoms with E-state index in [2.05, 4.69) is 45.1 Å². The van der Waals surface area contributed by atoms with Gasteiger partial charge in [-0.1, -0.05) is 19.1 Å². The third-order valence-corrected chi connectivity index (χ3v) is 4.20. The molecule has 1 unspecified atom stereocenters. The first kappa shape index (κ1) is 11.7. The van der Waals surface area contributed by atoms with Gasteiger partial charge in [-0.3, -0.25) is 0 Å². The highest BCUT2D eigenvalue weighted by Gasteiger charge is 2.34. The molecule has 1 aromatic carbocycles. The van der Waals surface area contributed by atoms with E-state index in [1.54, 1.807) is 0 Å². The minimum atomic E-state index is 0.253. The summed E-state index contributed by atoms with van der Waals surface area (Å²) in [7, 11) is 0. The molecule has 0 spiro atoms. The van der Waals surface area contributed by atoms with Crippen LogP contribution in [-0.4, -0.2) is 6.54 Å². The van der Waals surface area contributed by atoms with Crippen molar-refractivity contribution in [3.63, 3.8) is 0 Å². The van der Waals surface area contributed by atoms with Crippen molar-refractivity contribution in [2.75, 3.05) is 6.54 Å². The van der Waals surface area contributed by atoms with Gasteiger partial charge in [0, 0.05) is 5.54 Å². The topological polar surface area (TPSA) is 12.0 Å². The molecular formula is C15H23N. The lowest BCUT2D eigenvalue weighted by Crippen LogP contribution is -2.36. The summed E-state index contributed by atoms with van der Waals surface area (Å²) in [5.41, 5.74) is 6.05. The van der Waals surface area contributed by atoms with Gasteiger partial charge in [0.05, 0.1) is 0 Å². The van der Waals surface area contributed by atoms with E-state index in [9.17, 15) is 0 Å². The third-order valence-electron chi connectivity index (χ3n) is 4.20. The van der Waals surface area contributed by atoms with Crippen LogP contribution in [0.15, 0.2) is 12.1 Å². The zero-order valence-electron chi connectivity index (χ0n) is 11.0. The summed E-state index contributed by atoms with van der Waals surface area (Å²) < 4.78 is 0. The molecule has 0 aromatic heterocycles. The smallest absolute Gasteiger partial charge is 0.0435 e. The Morgan fingerprint density at radius 3 is 2.38 bits per heavy atom. The molecule has 1 heteroatoms. The number of hydrogen-bond donors (Lipinski definition) is 1. The molecule has 1 saturated heterocycles. The fraction of sp³-hybridized carbons (Fsp3) is 0.600. The SMILES string of the molecule is CCC1(c2cc(C)c(C)cc2C)CCCN1. The number of rotatable bonds is 2. The van der Waals surface area contributed by atoms with Crippen LogP contribution in [0.25, 0.3) is 0 Å². The quantitative estimate of drug-likeness (QED) is 0.798. The highest BCUT2D eigenvalue weighted by molar-refractivity contribution is 5.41. The van der Waals surface area contributed by atoms with Gasteiger partial charge in [0.15, 0.2) is 0 Å². The standard InChI is InChI=1S/C15H23N/c1-5-15(7-6-8-16-15)14-10-12(3)11(2)9-13(14)4/h9-10,16H,5-8H2,1-4H3. The molecule has 1 aromatic rings. The van der Waals surface area contributed by atoms with E-state index in [4.69, 9.17) is 0 Å². The maximum atomic E-state index is 3.72. The van der Waals surface area contributed by atoms with Crippen molar-refractivity contribution < 1.29 is 0 Å². The van der Waals surface area contributed by atoms with Crippen LogP contribution >= 0.6 is 0 Å². The largest absolute Gasteiger partial charge is 0.307 e. The zero-order chi connectivity index (χ0) is 11.8. The van der Waals surface area contributed by atoms with E-state index >= 15 is 0 Å². The molecule has 16 heavy (non-hydrogen) atoms. The second-order valence-corrected chi connectivity index (χ2v) is 5.22. The van der Waals surface area contributed by atoms with Gasteiger partial charge in [-0.25, -0.2) is 0 Å². The Kier molecular flexibility index (Phi) is 3.07. The van der Waals surface area contributed by atoms with Crippen LogP contribution in [0, 0.1) is 20.8 Å². The molecule has 88 valence electrons. The summed E-state index contributed by atoms with van der Waals surface area (Å²) in [5.74, 6) is 0. The third kappa shape index (κ3) is 1.78. The lowest BCUT2D eigenvalue weighted by Gasteiger charge is -2.31. The molecule has 0 radical (unpaired) electrons. The van der Waals surface area contributed by atoms with Gasteiger partial charge in [0.1, 0.15) is 0 Å². The summed E-state index contributed by atoms with van der Waals surface area (Å²) >= 11 is 0. The first-order chi connectivity index (χ1) is 7.59. The van der Waals surface area contributed by atoms with Crippen LogP contribution in [0.5, 0.6) is 0 Å². The second kappa shape index (κ2) is 4.21. The molecule has 1 N–H and O–H groups in total. The Bertz CT molecular complexity index is 387. The molecule has 1 nitrogen and oxygen atoms in total. The summed E-state index contributed by atoms with van der Waals surface area (Å²) in [4.78, 5) is 0. The Morgan fingerprint density at radius 1 is 1.12 bits per heavy atom. The maximum Gasteiger partial charge on any atom is 0.0435 e. The minimum absolute atomic E-state index is 0.253. The minimum Gasteiger partial charge on any atom is -0.307 e. The van der Waals surface area contributed by atoms with E-state index in [0.29, 0.717) is 0 Å². The van der Waals surface area contributed by atoms with E-state index in [1.165, 1.54) is 48.1 Å². The van der Waals surface area contributed by atoms with Crippen molar-refractivity contribution in [3.8, 4) is 0 Å². The highest BCUT2D eigenvalue weighted by Crippen LogP contribution is 2.36. The van der Waals surface area contributed by atoms with Crippen molar-refractivity contribution in [2.24, 2.45) is 0 Å². The lowest BCUT2D eigenvalue weighted by atomic mass is 9.82. The summed E-state index contributed by atoms with van der Waals surface area (Å²) in [6.45, 7) is 10.1. The number of nitrogens with one attached hydrogen (secondary N) is 1. The van der Waals surface area contributed by atoms with Gasteiger partial charge in [-0.05, 0) is 68.8 Å². The van der Waals surface area contributed by atoms with E-state index in [0.717, 1.165) is 0 Å². The molecule has 0 amide bonds.